The van der Waals surface area contributed by atoms with Gasteiger partial charge in [-0.3, -0.25) is 0 Å². The zero-order valence-electron chi connectivity index (χ0n) is 8.73. The van der Waals surface area contributed by atoms with Crippen molar-refractivity contribution in [3.8, 4) is 0 Å². The van der Waals surface area contributed by atoms with Gasteiger partial charge in [0.1, 0.15) is 0 Å². The molecular weight excluding hydrogens is 194 g/mol. The number of furan rings is 1. The van der Waals surface area contributed by atoms with Crippen molar-refractivity contribution in [2.24, 2.45) is 0 Å². The van der Waals surface area contributed by atoms with Crippen LogP contribution in [0.15, 0.2) is 27.5 Å². The van der Waals surface area contributed by atoms with E-state index in [1.165, 1.54) is 0 Å². The fraction of sp³-hybridized carbons (Fsp3) is 0.400. The lowest BCUT2D eigenvalue weighted by molar-refractivity contribution is 0.357. The molecule has 0 aliphatic rings. The predicted molar refractivity (Wildman–Crippen MR) is 53.0 cm³/mol. The van der Waals surface area contributed by atoms with Gasteiger partial charge in [-0.2, -0.15) is 4.98 Å². The van der Waals surface area contributed by atoms with Gasteiger partial charge in [-0.15, -0.1) is 0 Å². The summed E-state index contributed by atoms with van der Waals surface area (Å²) < 4.78 is 9.99. The molecule has 5 heteroatoms. The monoisotopic (exact) mass is 207 g/mol. The summed E-state index contributed by atoms with van der Waals surface area (Å²) in [4.78, 5) is 4.10. The van der Waals surface area contributed by atoms with Gasteiger partial charge in [0.2, 0.25) is 5.89 Å². The van der Waals surface area contributed by atoms with E-state index in [9.17, 15) is 0 Å². The molecule has 0 fully saturated rings. The van der Waals surface area contributed by atoms with Crippen LogP contribution in [0.5, 0.6) is 0 Å². The number of rotatable bonds is 4. The summed E-state index contributed by atoms with van der Waals surface area (Å²) in [5.41, 5.74) is 1.10. The Bertz CT molecular complexity index is 408. The minimum Gasteiger partial charge on any atom is -0.472 e. The summed E-state index contributed by atoms with van der Waals surface area (Å²) in [6.07, 6.45) is 3.38. The van der Waals surface area contributed by atoms with Crippen molar-refractivity contribution in [2.45, 2.75) is 26.4 Å². The lowest BCUT2D eigenvalue weighted by atomic mass is 10.2. The molecule has 15 heavy (non-hydrogen) atoms. The maximum absolute atomic E-state index is 5.00. The first-order valence-corrected chi connectivity index (χ1v) is 4.80. The van der Waals surface area contributed by atoms with Crippen LogP contribution in [0, 0.1) is 6.92 Å². The number of aromatic nitrogens is 2. The Hall–Kier alpha value is -1.62. The van der Waals surface area contributed by atoms with E-state index >= 15 is 0 Å². The highest BCUT2D eigenvalue weighted by Crippen LogP contribution is 2.12. The smallest absolute Gasteiger partial charge is 0.240 e. The van der Waals surface area contributed by atoms with E-state index in [0.29, 0.717) is 18.3 Å². The van der Waals surface area contributed by atoms with Crippen LogP contribution in [0.1, 0.15) is 30.2 Å². The highest BCUT2D eigenvalue weighted by atomic mass is 16.5. The lowest BCUT2D eigenvalue weighted by Gasteiger charge is -2.08. The summed E-state index contributed by atoms with van der Waals surface area (Å²) in [6.45, 7) is 4.41. The van der Waals surface area contributed by atoms with E-state index in [-0.39, 0.29) is 6.04 Å². The van der Waals surface area contributed by atoms with E-state index in [4.69, 9.17) is 8.94 Å². The standard InChI is InChI=1S/C10H13N3O2/c1-7(9-3-4-14-6-9)11-5-10-12-8(2)13-15-10/h3-4,6-7,11H,5H2,1-2H3. The molecule has 0 saturated heterocycles. The first-order chi connectivity index (χ1) is 7.25. The maximum atomic E-state index is 5.00. The van der Waals surface area contributed by atoms with Gasteiger partial charge in [-0.1, -0.05) is 5.16 Å². The second-order valence-corrected chi connectivity index (χ2v) is 3.39. The van der Waals surface area contributed by atoms with Gasteiger partial charge in [-0.25, -0.2) is 0 Å². The first-order valence-electron chi connectivity index (χ1n) is 4.80. The van der Waals surface area contributed by atoms with Gasteiger partial charge in [0.15, 0.2) is 5.82 Å². The van der Waals surface area contributed by atoms with Crippen molar-refractivity contribution in [3.63, 3.8) is 0 Å². The van der Waals surface area contributed by atoms with Crippen molar-refractivity contribution < 1.29 is 8.94 Å². The number of hydrogen-bond donors (Lipinski definition) is 1. The molecule has 80 valence electrons. The van der Waals surface area contributed by atoms with Crippen molar-refractivity contribution in [2.75, 3.05) is 0 Å². The van der Waals surface area contributed by atoms with Gasteiger partial charge in [0.05, 0.1) is 19.1 Å². The highest BCUT2D eigenvalue weighted by molar-refractivity contribution is 5.10. The van der Waals surface area contributed by atoms with E-state index in [2.05, 4.69) is 15.5 Å². The van der Waals surface area contributed by atoms with Gasteiger partial charge in [0.25, 0.3) is 0 Å². The molecule has 0 aromatic carbocycles. The summed E-state index contributed by atoms with van der Waals surface area (Å²) >= 11 is 0. The van der Waals surface area contributed by atoms with Gasteiger partial charge in [-0.05, 0) is 19.9 Å². The summed E-state index contributed by atoms with van der Waals surface area (Å²) in [5, 5.41) is 6.97. The third-order valence-corrected chi connectivity index (χ3v) is 2.17. The fourth-order valence-electron chi connectivity index (χ4n) is 1.29. The zero-order valence-corrected chi connectivity index (χ0v) is 8.73. The van der Waals surface area contributed by atoms with Crippen LogP contribution in [-0.4, -0.2) is 10.1 Å². The molecule has 0 aliphatic carbocycles. The number of nitrogens with one attached hydrogen (secondary N) is 1. The van der Waals surface area contributed by atoms with Crippen LogP contribution in [-0.2, 0) is 6.54 Å². The normalized spacial score (nSPS) is 12.9. The molecule has 0 saturated carbocycles. The SMILES string of the molecule is Cc1noc(CNC(C)c2ccoc2)n1. The van der Waals surface area contributed by atoms with Crippen molar-refractivity contribution >= 4 is 0 Å². The van der Waals surface area contributed by atoms with Gasteiger partial charge in [0, 0.05) is 11.6 Å². The molecule has 2 rings (SSSR count). The number of aryl methyl sites for hydroxylation is 1. The van der Waals surface area contributed by atoms with Crippen LogP contribution >= 0.6 is 0 Å². The molecule has 0 bridgehead atoms. The molecule has 0 aliphatic heterocycles. The topological polar surface area (TPSA) is 64.1 Å². The quantitative estimate of drug-likeness (QED) is 0.828. The molecule has 2 heterocycles. The van der Waals surface area contributed by atoms with Crippen LogP contribution in [0.3, 0.4) is 0 Å². The Morgan fingerprint density at radius 1 is 1.53 bits per heavy atom. The van der Waals surface area contributed by atoms with E-state index in [0.717, 1.165) is 5.56 Å². The number of nitrogens with zero attached hydrogens (tertiary/aromatic N) is 2. The van der Waals surface area contributed by atoms with Crippen LogP contribution in [0.4, 0.5) is 0 Å². The van der Waals surface area contributed by atoms with Crippen molar-refractivity contribution in [3.05, 3.63) is 35.9 Å². The summed E-state index contributed by atoms with van der Waals surface area (Å²) in [7, 11) is 0. The molecule has 1 unspecified atom stereocenters. The predicted octanol–water partition coefficient (Wildman–Crippen LogP) is 1.82. The second-order valence-electron chi connectivity index (χ2n) is 3.39. The molecule has 1 atom stereocenters. The Labute approximate surface area is 87.5 Å². The molecule has 2 aromatic rings. The van der Waals surface area contributed by atoms with E-state index < -0.39 is 0 Å². The average Bonchev–Trinajstić information content (AvgIpc) is 2.84. The summed E-state index contributed by atoms with van der Waals surface area (Å²) in [6, 6.07) is 2.13. The Balaban J connectivity index is 1.88. The molecule has 1 N–H and O–H groups in total. The van der Waals surface area contributed by atoms with Gasteiger partial charge < -0.3 is 14.3 Å². The van der Waals surface area contributed by atoms with Crippen LogP contribution in [0.25, 0.3) is 0 Å². The van der Waals surface area contributed by atoms with Crippen molar-refractivity contribution in [1.82, 2.24) is 15.5 Å². The Kier molecular flexibility index (Phi) is 2.82. The molecule has 0 spiro atoms. The third-order valence-electron chi connectivity index (χ3n) is 2.17. The highest BCUT2D eigenvalue weighted by Gasteiger charge is 2.08. The van der Waals surface area contributed by atoms with Crippen LogP contribution in [0.2, 0.25) is 0 Å². The lowest BCUT2D eigenvalue weighted by Crippen LogP contribution is -2.17. The average molecular weight is 207 g/mol. The van der Waals surface area contributed by atoms with Crippen LogP contribution < -0.4 is 5.32 Å². The van der Waals surface area contributed by atoms with Gasteiger partial charge >= 0.3 is 0 Å². The Morgan fingerprint density at radius 2 is 2.40 bits per heavy atom. The fourth-order valence-corrected chi connectivity index (χ4v) is 1.29. The van der Waals surface area contributed by atoms with E-state index in [1.54, 1.807) is 19.5 Å². The molecule has 5 nitrogen and oxygen atoms in total. The van der Waals surface area contributed by atoms with Crippen molar-refractivity contribution in [1.29, 1.82) is 0 Å². The third kappa shape index (κ3) is 2.44. The number of hydrogen-bond acceptors (Lipinski definition) is 5. The molecule has 0 amide bonds. The maximum Gasteiger partial charge on any atom is 0.240 e. The zero-order chi connectivity index (χ0) is 10.7. The molecule has 2 aromatic heterocycles. The Morgan fingerprint density at radius 3 is 3.00 bits per heavy atom. The summed E-state index contributed by atoms with van der Waals surface area (Å²) in [5.74, 6) is 1.26. The minimum atomic E-state index is 0.205. The second kappa shape index (κ2) is 4.27. The largest absolute Gasteiger partial charge is 0.472 e. The minimum absolute atomic E-state index is 0.205. The first kappa shape index (κ1) is 9.92. The van der Waals surface area contributed by atoms with E-state index in [1.807, 2.05) is 13.0 Å². The molecule has 0 radical (unpaired) electrons. The molecular formula is C10H13N3O2.